The lowest BCUT2D eigenvalue weighted by Gasteiger charge is -2.36. The number of nitrogens with zero attached hydrogens (tertiary/aromatic N) is 2. The summed E-state index contributed by atoms with van der Waals surface area (Å²) in [6.07, 6.45) is 0. The van der Waals surface area contributed by atoms with Crippen LogP contribution in [0.1, 0.15) is 5.56 Å². The van der Waals surface area contributed by atoms with Crippen LogP contribution in [-0.4, -0.2) is 31.1 Å². The van der Waals surface area contributed by atoms with Crippen molar-refractivity contribution in [1.29, 1.82) is 0 Å². The van der Waals surface area contributed by atoms with Gasteiger partial charge in [0, 0.05) is 49.9 Å². The van der Waals surface area contributed by atoms with Crippen LogP contribution >= 0.6 is 0 Å². The maximum absolute atomic E-state index is 11.4. The maximum Gasteiger partial charge on any atom is 0.336 e. The number of anilines is 1. The Labute approximate surface area is 140 Å². The Morgan fingerprint density at radius 1 is 0.875 bits per heavy atom. The van der Waals surface area contributed by atoms with Crippen LogP contribution in [0.25, 0.3) is 11.0 Å². The topological polar surface area (TPSA) is 36.7 Å². The van der Waals surface area contributed by atoms with Gasteiger partial charge in [-0.2, -0.15) is 0 Å². The molecular weight excluding hydrogens is 300 g/mol. The highest BCUT2D eigenvalue weighted by Crippen LogP contribution is 2.19. The first-order valence-corrected chi connectivity index (χ1v) is 8.33. The maximum atomic E-state index is 11.4. The Hall–Kier alpha value is -2.59. The SMILES string of the molecule is O=c1ccc2ccc(CN3CCN(c4ccccc4)CC3)cc2o1. The van der Waals surface area contributed by atoms with Crippen molar-refractivity contribution in [3.05, 3.63) is 76.6 Å². The van der Waals surface area contributed by atoms with Gasteiger partial charge < -0.3 is 9.32 Å². The van der Waals surface area contributed by atoms with Gasteiger partial charge in [-0.3, -0.25) is 4.90 Å². The van der Waals surface area contributed by atoms with E-state index in [2.05, 4.69) is 46.2 Å². The van der Waals surface area contributed by atoms with Crippen LogP contribution in [0.3, 0.4) is 0 Å². The van der Waals surface area contributed by atoms with Crippen LogP contribution in [0.4, 0.5) is 5.69 Å². The second-order valence-electron chi connectivity index (χ2n) is 6.23. The minimum atomic E-state index is -0.295. The van der Waals surface area contributed by atoms with Crippen molar-refractivity contribution in [3.8, 4) is 0 Å². The van der Waals surface area contributed by atoms with Gasteiger partial charge in [-0.1, -0.05) is 30.3 Å². The molecule has 1 saturated heterocycles. The van der Waals surface area contributed by atoms with Gasteiger partial charge in [0.2, 0.25) is 0 Å². The summed E-state index contributed by atoms with van der Waals surface area (Å²) in [5.41, 5.74) is 2.86. The van der Waals surface area contributed by atoms with Crippen LogP contribution in [-0.2, 0) is 6.54 Å². The van der Waals surface area contributed by atoms with Crippen molar-refractivity contribution in [2.75, 3.05) is 31.1 Å². The molecular formula is C20H20N2O2. The van der Waals surface area contributed by atoms with E-state index >= 15 is 0 Å². The molecule has 122 valence electrons. The summed E-state index contributed by atoms with van der Waals surface area (Å²) >= 11 is 0. The van der Waals surface area contributed by atoms with Gasteiger partial charge >= 0.3 is 5.63 Å². The number of para-hydroxylation sites is 1. The Bertz CT molecular complexity index is 881. The zero-order valence-electron chi connectivity index (χ0n) is 13.5. The van der Waals surface area contributed by atoms with Crippen molar-refractivity contribution in [2.24, 2.45) is 0 Å². The second kappa shape index (κ2) is 6.49. The molecule has 0 aliphatic carbocycles. The van der Waals surface area contributed by atoms with E-state index in [1.165, 1.54) is 17.3 Å². The summed E-state index contributed by atoms with van der Waals surface area (Å²) in [7, 11) is 0. The third kappa shape index (κ3) is 3.19. The number of hydrogen-bond acceptors (Lipinski definition) is 4. The predicted molar refractivity (Wildman–Crippen MR) is 96.4 cm³/mol. The van der Waals surface area contributed by atoms with Gasteiger partial charge in [0.05, 0.1) is 0 Å². The molecule has 1 aliphatic rings. The Morgan fingerprint density at radius 3 is 2.42 bits per heavy atom. The molecule has 4 rings (SSSR count). The van der Waals surface area contributed by atoms with Gasteiger partial charge in [0.15, 0.2) is 0 Å². The van der Waals surface area contributed by atoms with E-state index in [0.29, 0.717) is 5.58 Å². The molecule has 0 atom stereocenters. The highest BCUT2D eigenvalue weighted by atomic mass is 16.4. The fraction of sp³-hybridized carbons (Fsp3) is 0.250. The fourth-order valence-corrected chi connectivity index (χ4v) is 3.26. The van der Waals surface area contributed by atoms with Gasteiger partial charge in [-0.15, -0.1) is 0 Å². The first-order chi connectivity index (χ1) is 11.8. The Morgan fingerprint density at radius 2 is 1.62 bits per heavy atom. The summed E-state index contributed by atoms with van der Waals surface area (Å²) in [4.78, 5) is 16.2. The average Bonchev–Trinajstić information content (AvgIpc) is 2.63. The minimum absolute atomic E-state index is 0.295. The average molecular weight is 320 g/mol. The molecule has 0 amide bonds. The van der Waals surface area contributed by atoms with Crippen molar-refractivity contribution < 1.29 is 4.42 Å². The molecule has 2 heterocycles. The van der Waals surface area contributed by atoms with E-state index in [1.54, 1.807) is 0 Å². The van der Waals surface area contributed by atoms with Crippen LogP contribution in [0.15, 0.2) is 69.9 Å². The van der Waals surface area contributed by atoms with Crippen molar-refractivity contribution in [3.63, 3.8) is 0 Å². The molecule has 0 bridgehead atoms. The summed E-state index contributed by atoms with van der Waals surface area (Å²) in [5, 5.41) is 0.965. The third-order valence-electron chi connectivity index (χ3n) is 4.59. The fourth-order valence-electron chi connectivity index (χ4n) is 3.26. The Balaban J connectivity index is 1.43. The molecule has 0 unspecified atom stereocenters. The molecule has 0 N–H and O–H groups in total. The van der Waals surface area contributed by atoms with E-state index in [0.717, 1.165) is 38.1 Å². The van der Waals surface area contributed by atoms with Gasteiger partial charge in [-0.25, -0.2) is 4.79 Å². The lowest BCUT2D eigenvalue weighted by molar-refractivity contribution is 0.250. The molecule has 1 aromatic heterocycles. The number of benzene rings is 2. The normalized spacial score (nSPS) is 15.8. The highest BCUT2D eigenvalue weighted by Gasteiger charge is 2.17. The standard InChI is InChI=1S/C20H20N2O2/c23-20-9-8-17-7-6-16(14-19(17)24-20)15-21-10-12-22(13-11-21)18-4-2-1-3-5-18/h1-9,14H,10-13,15H2. The molecule has 24 heavy (non-hydrogen) atoms. The largest absolute Gasteiger partial charge is 0.423 e. The lowest BCUT2D eigenvalue weighted by Crippen LogP contribution is -2.45. The van der Waals surface area contributed by atoms with Gasteiger partial charge in [0.1, 0.15) is 5.58 Å². The predicted octanol–water partition coefficient (Wildman–Crippen LogP) is 3.12. The number of rotatable bonds is 3. The smallest absolute Gasteiger partial charge is 0.336 e. The molecule has 1 aliphatic heterocycles. The monoisotopic (exact) mass is 320 g/mol. The first-order valence-electron chi connectivity index (χ1n) is 8.33. The van der Waals surface area contributed by atoms with Crippen molar-refractivity contribution >= 4 is 16.7 Å². The molecule has 2 aromatic carbocycles. The van der Waals surface area contributed by atoms with Gasteiger partial charge in [0.25, 0.3) is 0 Å². The molecule has 1 fully saturated rings. The zero-order chi connectivity index (χ0) is 16.4. The van der Waals surface area contributed by atoms with E-state index in [4.69, 9.17) is 4.42 Å². The quantitative estimate of drug-likeness (QED) is 0.695. The van der Waals surface area contributed by atoms with Crippen LogP contribution in [0.2, 0.25) is 0 Å². The molecule has 0 radical (unpaired) electrons. The number of hydrogen-bond donors (Lipinski definition) is 0. The minimum Gasteiger partial charge on any atom is -0.423 e. The molecule has 0 spiro atoms. The summed E-state index contributed by atoms with van der Waals surface area (Å²) < 4.78 is 5.28. The summed E-state index contributed by atoms with van der Waals surface area (Å²) in [6, 6.07) is 20.0. The molecule has 0 saturated carbocycles. The Kier molecular flexibility index (Phi) is 4.05. The van der Waals surface area contributed by atoms with E-state index in [1.807, 2.05) is 18.2 Å². The molecule has 4 nitrogen and oxygen atoms in total. The third-order valence-corrected chi connectivity index (χ3v) is 4.59. The lowest BCUT2D eigenvalue weighted by atomic mass is 10.1. The van der Waals surface area contributed by atoms with Crippen LogP contribution in [0.5, 0.6) is 0 Å². The van der Waals surface area contributed by atoms with Crippen molar-refractivity contribution in [1.82, 2.24) is 4.90 Å². The second-order valence-corrected chi connectivity index (χ2v) is 6.23. The number of piperazine rings is 1. The highest BCUT2D eigenvalue weighted by molar-refractivity contribution is 5.76. The summed E-state index contributed by atoms with van der Waals surface area (Å²) in [6.45, 7) is 5.02. The molecule has 4 heteroatoms. The zero-order valence-corrected chi connectivity index (χ0v) is 13.5. The van der Waals surface area contributed by atoms with Gasteiger partial charge in [-0.05, 0) is 29.8 Å². The van der Waals surface area contributed by atoms with E-state index < -0.39 is 0 Å². The first kappa shape index (κ1) is 15.0. The van der Waals surface area contributed by atoms with Crippen molar-refractivity contribution in [2.45, 2.75) is 6.54 Å². The summed E-state index contributed by atoms with van der Waals surface area (Å²) in [5.74, 6) is 0. The van der Waals surface area contributed by atoms with E-state index in [9.17, 15) is 4.79 Å². The van der Waals surface area contributed by atoms with Crippen LogP contribution < -0.4 is 10.5 Å². The van der Waals surface area contributed by atoms with Crippen LogP contribution in [0, 0.1) is 0 Å². The van der Waals surface area contributed by atoms with E-state index in [-0.39, 0.29) is 5.63 Å². The number of fused-ring (bicyclic) bond motifs is 1. The molecule has 3 aromatic rings.